The Balaban J connectivity index is 3.06. The van der Waals surface area contributed by atoms with Crippen molar-refractivity contribution in [3.63, 3.8) is 0 Å². The van der Waals surface area contributed by atoms with Gasteiger partial charge in [-0.3, -0.25) is 0 Å². The molecule has 6 heteroatoms. The van der Waals surface area contributed by atoms with E-state index in [4.69, 9.17) is 23.7 Å². The molecule has 2 rings (SSSR count). The number of carbonyl (C=O) groups is 1. The molecule has 0 unspecified atom stereocenters. The van der Waals surface area contributed by atoms with Gasteiger partial charge in [0.2, 0.25) is 0 Å². The number of hydrogen-bond donors (Lipinski definition) is 0. The van der Waals surface area contributed by atoms with Crippen molar-refractivity contribution in [3.8, 4) is 23.0 Å². The van der Waals surface area contributed by atoms with Crippen LogP contribution in [0.25, 0.3) is 10.8 Å². The number of esters is 1. The molecule has 0 heterocycles. The summed E-state index contributed by atoms with van der Waals surface area (Å²) in [6.07, 6.45) is 0. The van der Waals surface area contributed by atoms with Crippen LogP contribution in [0.4, 0.5) is 0 Å². The molecule has 0 amide bonds. The largest absolute Gasteiger partial charge is 0.497 e. The lowest BCUT2D eigenvalue weighted by molar-refractivity contribution is 0.0596. The summed E-state index contributed by atoms with van der Waals surface area (Å²) >= 11 is 0. The molecule has 0 spiro atoms. The van der Waals surface area contributed by atoms with Gasteiger partial charge in [-0.25, -0.2) is 4.79 Å². The molecule has 0 bridgehead atoms. The fourth-order valence-corrected chi connectivity index (χ4v) is 2.71. The minimum absolute atomic E-state index is 0.308. The van der Waals surface area contributed by atoms with E-state index in [9.17, 15) is 4.79 Å². The molecule has 0 aromatic heterocycles. The van der Waals surface area contributed by atoms with E-state index in [1.165, 1.54) is 21.3 Å². The van der Waals surface area contributed by atoms with E-state index < -0.39 is 5.97 Å². The summed E-state index contributed by atoms with van der Waals surface area (Å²) in [5, 5.41) is 1.35. The molecule has 0 saturated carbocycles. The third-order valence-corrected chi connectivity index (χ3v) is 3.74. The van der Waals surface area contributed by atoms with Crippen molar-refractivity contribution >= 4 is 16.7 Å². The van der Waals surface area contributed by atoms with E-state index in [1.807, 2.05) is 6.07 Å². The number of carbonyl (C=O) groups excluding carboxylic acids is 1. The highest BCUT2D eigenvalue weighted by Gasteiger charge is 2.26. The van der Waals surface area contributed by atoms with Crippen molar-refractivity contribution in [3.05, 3.63) is 23.3 Å². The maximum atomic E-state index is 12.2. The molecular formula is C17H20O6. The minimum atomic E-state index is -0.502. The smallest absolute Gasteiger partial charge is 0.342 e. The Bertz CT molecular complexity index is 751. The molecule has 2 aromatic carbocycles. The number of benzene rings is 2. The van der Waals surface area contributed by atoms with Crippen molar-refractivity contribution in [1.29, 1.82) is 0 Å². The molecule has 0 atom stereocenters. The van der Waals surface area contributed by atoms with Crippen molar-refractivity contribution in [2.24, 2.45) is 0 Å². The Labute approximate surface area is 134 Å². The van der Waals surface area contributed by atoms with Gasteiger partial charge in [-0.05, 0) is 13.0 Å². The number of methoxy groups -OCH3 is 5. The molecule has 0 saturated heterocycles. The predicted molar refractivity (Wildman–Crippen MR) is 86.2 cm³/mol. The van der Waals surface area contributed by atoms with E-state index in [-0.39, 0.29) is 0 Å². The van der Waals surface area contributed by atoms with E-state index in [1.54, 1.807) is 27.2 Å². The quantitative estimate of drug-likeness (QED) is 0.789. The molecule has 0 aliphatic rings. The van der Waals surface area contributed by atoms with Crippen LogP contribution in [0.2, 0.25) is 0 Å². The first-order valence-corrected chi connectivity index (χ1v) is 6.92. The van der Waals surface area contributed by atoms with Crippen LogP contribution in [0.1, 0.15) is 15.9 Å². The van der Waals surface area contributed by atoms with Crippen LogP contribution >= 0.6 is 0 Å². The standard InChI is InChI=1S/C17H20O6/c1-9-13(17(18)23-6)16(22-5)14-11(15(9)21-4)7-10(19-2)8-12(14)20-3/h7-8H,1-6H3. The predicted octanol–water partition coefficient (Wildman–Crippen LogP) is 2.97. The Morgan fingerprint density at radius 2 is 1.52 bits per heavy atom. The van der Waals surface area contributed by atoms with Crippen molar-refractivity contribution in [2.75, 3.05) is 35.5 Å². The Morgan fingerprint density at radius 1 is 0.870 bits per heavy atom. The molecule has 0 N–H and O–H groups in total. The first kappa shape index (κ1) is 16.7. The van der Waals surface area contributed by atoms with Gasteiger partial charge in [0.15, 0.2) is 0 Å². The van der Waals surface area contributed by atoms with Gasteiger partial charge in [-0.1, -0.05) is 0 Å². The first-order chi connectivity index (χ1) is 11.0. The highest BCUT2D eigenvalue weighted by Crippen LogP contribution is 2.46. The second kappa shape index (κ2) is 6.64. The van der Waals surface area contributed by atoms with Crippen molar-refractivity contribution in [2.45, 2.75) is 6.92 Å². The number of rotatable bonds is 5. The lowest BCUT2D eigenvalue weighted by Crippen LogP contribution is -2.09. The second-order valence-corrected chi connectivity index (χ2v) is 4.81. The third kappa shape index (κ3) is 2.60. The molecule has 6 nitrogen and oxygen atoms in total. The molecule has 0 aliphatic heterocycles. The van der Waals surface area contributed by atoms with Gasteiger partial charge in [0.25, 0.3) is 0 Å². The molecule has 2 aromatic rings. The summed E-state index contributed by atoms with van der Waals surface area (Å²) in [5.41, 5.74) is 0.932. The summed E-state index contributed by atoms with van der Waals surface area (Å²) < 4.78 is 26.7. The lowest BCUT2D eigenvalue weighted by Gasteiger charge is -2.19. The normalized spacial score (nSPS) is 10.3. The molecule has 0 aliphatic carbocycles. The fraction of sp³-hybridized carbons (Fsp3) is 0.353. The lowest BCUT2D eigenvalue weighted by atomic mass is 9.97. The van der Waals surface area contributed by atoms with Gasteiger partial charge in [0.1, 0.15) is 28.6 Å². The summed E-state index contributed by atoms with van der Waals surface area (Å²) in [5.74, 6) is 1.54. The van der Waals surface area contributed by atoms with Gasteiger partial charge in [0.05, 0.1) is 40.9 Å². The van der Waals surface area contributed by atoms with Crippen LogP contribution in [0, 0.1) is 6.92 Å². The molecule has 23 heavy (non-hydrogen) atoms. The van der Waals surface area contributed by atoms with Crippen molar-refractivity contribution < 1.29 is 28.5 Å². The zero-order valence-electron chi connectivity index (χ0n) is 14.1. The van der Waals surface area contributed by atoms with Crippen LogP contribution in [-0.4, -0.2) is 41.5 Å². The average Bonchev–Trinajstić information content (AvgIpc) is 2.58. The Hall–Kier alpha value is -2.63. The summed E-state index contributed by atoms with van der Waals surface area (Å²) in [7, 11) is 7.47. The Morgan fingerprint density at radius 3 is 2.00 bits per heavy atom. The topological polar surface area (TPSA) is 63.2 Å². The van der Waals surface area contributed by atoms with Crippen LogP contribution in [0.5, 0.6) is 23.0 Å². The van der Waals surface area contributed by atoms with Gasteiger partial charge in [0, 0.05) is 17.0 Å². The van der Waals surface area contributed by atoms with E-state index >= 15 is 0 Å². The summed E-state index contributed by atoms with van der Waals surface area (Å²) in [4.78, 5) is 12.2. The summed E-state index contributed by atoms with van der Waals surface area (Å²) in [6, 6.07) is 3.54. The SMILES string of the molecule is COC(=O)c1c(C)c(OC)c2cc(OC)cc(OC)c2c1OC. The molecule has 0 fully saturated rings. The minimum Gasteiger partial charge on any atom is -0.497 e. The maximum absolute atomic E-state index is 12.2. The van der Waals surface area contributed by atoms with Gasteiger partial charge in [-0.15, -0.1) is 0 Å². The third-order valence-electron chi connectivity index (χ3n) is 3.74. The van der Waals surface area contributed by atoms with Gasteiger partial charge < -0.3 is 23.7 Å². The van der Waals surface area contributed by atoms with Crippen LogP contribution in [0.3, 0.4) is 0 Å². The highest BCUT2D eigenvalue weighted by molar-refractivity contribution is 6.08. The van der Waals surface area contributed by atoms with Crippen LogP contribution in [-0.2, 0) is 4.74 Å². The summed E-state index contributed by atoms with van der Waals surface area (Å²) in [6.45, 7) is 1.78. The number of hydrogen-bond acceptors (Lipinski definition) is 6. The Kier molecular flexibility index (Phi) is 4.83. The molecular weight excluding hydrogens is 300 g/mol. The van der Waals surface area contributed by atoms with E-state index in [0.717, 1.165) is 5.39 Å². The maximum Gasteiger partial charge on any atom is 0.342 e. The van der Waals surface area contributed by atoms with Crippen molar-refractivity contribution in [1.82, 2.24) is 0 Å². The number of ether oxygens (including phenoxy) is 5. The van der Waals surface area contributed by atoms with E-state index in [2.05, 4.69) is 0 Å². The monoisotopic (exact) mass is 320 g/mol. The zero-order valence-corrected chi connectivity index (χ0v) is 14.1. The fourth-order valence-electron chi connectivity index (χ4n) is 2.71. The van der Waals surface area contributed by atoms with Crippen LogP contribution in [0.15, 0.2) is 12.1 Å². The van der Waals surface area contributed by atoms with E-state index in [0.29, 0.717) is 39.5 Å². The van der Waals surface area contributed by atoms with Gasteiger partial charge >= 0.3 is 5.97 Å². The molecule has 0 radical (unpaired) electrons. The first-order valence-electron chi connectivity index (χ1n) is 6.92. The number of fused-ring (bicyclic) bond motifs is 1. The van der Waals surface area contributed by atoms with Crippen LogP contribution < -0.4 is 18.9 Å². The average molecular weight is 320 g/mol. The highest BCUT2D eigenvalue weighted by atomic mass is 16.5. The molecule has 124 valence electrons. The second-order valence-electron chi connectivity index (χ2n) is 4.81. The van der Waals surface area contributed by atoms with Gasteiger partial charge in [-0.2, -0.15) is 0 Å². The zero-order chi connectivity index (χ0) is 17.1.